The third kappa shape index (κ3) is 2.98. The predicted molar refractivity (Wildman–Crippen MR) is 94.1 cm³/mol. The average molecular weight is 342 g/mol. The third-order valence-corrected chi connectivity index (χ3v) is 3.94. The van der Waals surface area contributed by atoms with Gasteiger partial charge >= 0.3 is 5.63 Å². The van der Waals surface area contributed by atoms with E-state index in [0.717, 1.165) is 5.56 Å². The summed E-state index contributed by atoms with van der Waals surface area (Å²) in [7, 11) is 6.23. The van der Waals surface area contributed by atoms with E-state index >= 15 is 0 Å². The minimum absolute atomic E-state index is 0.372. The molecule has 0 radical (unpaired) electrons. The second kappa shape index (κ2) is 6.76. The van der Waals surface area contributed by atoms with E-state index in [2.05, 4.69) is 0 Å². The maximum absolute atomic E-state index is 12.1. The Kier molecular flexibility index (Phi) is 4.52. The van der Waals surface area contributed by atoms with Gasteiger partial charge in [0.2, 0.25) is 0 Å². The molecule has 3 rings (SSSR count). The van der Waals surface area contributed by atoms with Crippen molar-refractivity contribution in [3.63, 3.8) is 0 Å². The van der Waals surface area contributed by atoms with Crippen molar-refractivity contribution in [1.82, 2.24) is 0 Å². The zero-order chi connectivity index (χ0) is 18.0. The predicted octanol–water partition coefficient (Wildman–Crippen LogP) is 3.49. The smallest absolute Gasteiger partial charge is 0.336 e. The molecule has 25 heavy (non-hydrogen) atoms. The Labute approximate surface area is 144 Å². The number of rotatable bonds is 5. The molecule has 0 unspecified atom stereocenters. The number of ether oxygens (including phenoxy) is 4. The third-order valence-electron chi connectivity index (χ3n) is 3.94. The maximum Gasteiger partial charge on any atom is 0.336 e. The molecular weight excluding hydrogens is 324 g/mol. The number of fused-ring (bicyclic) bond motifs is 1. The summed E-state index contributed by atoms with van der Waals surface area (Å²) in [5, 5.41) is 0.659. The lowest BCUT2D eigenvalue weighted by Gasteiger charge is -2.14. The number of benzene rings is 2. The summed E-state index contributed by atoms with van der Waals surface area (Å²) >= 11 is 0. The van der Waals surface area contributed by atoms with Gasteiger partial charge in [0.25, 0.3) is 0 Å². The Morgan fingerprint density at radius 1 is 0.720 bits per heavy atom. The highest BCUT2D eigenvalue weighted by atomic mass is 16.5. The van der Waals surface area contributed by atoms with Gasteiger partial charge < -0.3 is 23.4 Å². The lowest BCUT2D eigenvalue weighted by atomic mass is 10.00. The molecule has 1 heterocycles. The lowest BCUT2D eigenvalue weighted by molar-refractivity contribution is 0.395. The van der Waals surface area contributed by atoms with Crippen LogP contribution < -0.4 is 24.6 Å². The minimum Gasteiger partial charge on any atom is -0.497 e. The van der Waals surface area contributed by atoms with Crippen LogP contribution in [0.2, 0.25) is 0 Å². The molecule has 0 atom stereocenters. The molecule has 0 bridgehead atoms. The highest BCUT2D eigenvalue weighted by molar-refractivity contribution is 5.99. The Bertz CT molecular complexity index is 974. The van der Waals surface area contributed by atoms with Crippen molar-refractivity contribution in [2.24, 2.45) is 0 Å². The number of hydrogen-bond acceptors (Lipinski definition) is 6. The summed E-state index contributed by atoms with van der Waals surface area (Å²) in [6.07, 6.45) is 0. The second-order valence-electron chi connectivity index (χ2n) is 5.25. The first-order valence-electron chi connectivity index (χ1n) is 7.53. The van der Waals surface area contributed by atoms with E-state index in [1.165, 1.54) is 13.2 Å². The van der Waals surface area contributed by atoms with Crippen molar-refractivity contribution in [1.29, 1.82) is 0 Å². The molecule has 0 spiro atoms. The van der Waals surface area contributed by atoms with Gasteiger partial charge in [-0.1, -0.05) is 0 Å². The molecule has 130 valence electrons. The first-order chi connectivity index (χ1) is 12.1. The van der Waals surface area contributed by atoms with Crippen LogP contribution in [0.5, 0.6) is 23.0 Å². The molecule has 6 nitrogen and oxygen atoms in total. The molecule has 0 aliphatic rings. The molecular formula is C19H18O6. The molecule has 3 aromatic rings. The fraction of sp³-hybridized carbons (Fsp3) is 0.211. The zero-order valence-electron chi connectivity index (χ0n) is 14.4. The normalized spacial score (nSPS) is 10.6. The Morgan fingerprint density at radius 2 is 1.40 bits per heavy atom. The Balaban J connectivity index is 2.38. The summed E-state index contributed by atoms with van der Waals surface area (Å²) in [5.41, 5.74) is 1.27. The molecule has 0 amide bonds. The quantitative estimate of drug-likeness (QED) is 0.661. The fourth-order valence-corrected chi connectivity index (χ4v) is 2.75. The Morgan fingerprint density at radius 3 is 2.04 bits per heavy atom. The lowest BCUT2D eigenvalue weighted by Crippen LogP contribution is -2.01. The van der Waals surface area contributed by atoms with Gasteiger partial charge in [-0.25, -0.2) is 4.79 Å². The minimum atomic E-state index is -0.476. The van der Waals surface area contributed by atoms with Crippen LogP contribution in [-0.2, 0) is 0 Å². The van der Waals surface area contributed by atoms with Gasteiger partial charge in [-0.15, -0.1) is 0 Å². The van der Waals surface area contributed by atoms with Gasteiger partial charge in [0, 0.05) is 35.4 Å². The molecule has 0 N–H and O–H groups in total. The van der Waals surface area contributed by atoms with Gasteiger partial charge in [-0.05, 0) is 12.1 Å². The van der Waals surface area contributed by atoms with Crippen molar-refractivity contribution >= 4 is 11.0 Å². The van der Waals surface area contributed by atoms with Crippen LogP contribution in [0.25, 0.3) is 22.1 Å². The standard InChI is InChI=1S/C19H18O6/c1-21-11-5-6-13(15(7-11)23-3)14-10-18(20)25-17-9-12(22-2)8-16(24-4)19(14)17/h5-10H,1-4H3. The van der Waals surface area contributed by atoms with Crippen LogP contribution in [0, 0.1) is 0 Å². The van der Waals surface area contributed by atoms with Crippen molar-refractivity contribution in [2.75, 3.05) is 28.4 Å². The topological polar surface area (TPSA) is 67.1 Å². The maximum atomic E-state index is 12.1. The highest BCUT2D eigenvalue weighted by Crippen LogP contribution is 2.41. The fourth-order valence-electron chi connectivity index (χ4n) is 2.75. The van der Waals surface area contributed by atoms with E-state index in [0.29, 0.717) is 39.5 Å². The van der Waals surface area contributed by atoms with Gasteiger partial charge in [0.1, 0.15) is 28.6 Å². The van der Waals surface area contributed by atoms with Crippen molar-refractivity contribution in [3.8, 4) is 34.1 Å². The average Bonchev–Trinajstić information content (AvgIpc) is 2.65. The van der Waals surface area contributed by atoms with Crippen LogP contribution in [0.15, 0.2) is 45.6 Å². The van der Waals surface area contributed by atoms with Crippen LogP contribution in [-0.4, -0.2) is 28.4 Å². The van der Waals surface area contributed by atoms with E-state index in [9.17, 15) is 4.79 Å². The van der Waals surface area contributed by atoms with Crippen LogP contribution >= 0.6 is 0 Å². The van der Waals surface area contributed by atoms with E-state index in [1.54, 1.807) is 45.6 Å². The van der Waals surface area contributed by atoms with E-state index in [-0.39, 0.29) is 0 Å². The first-order valence-corrected chi connectivity index (χ1v) is 7.53. The summed E-state index contributed by atoms with van der Waals surface area (Å²) in [5.74, 6) is 2.29. The van der Waals surface area contributed by atoms with E-state index in [1.807, 2.05) is 6.07 Å². The molecule has 0 aliphatic carbocycles. The molecule has 6 heteroatoms. The number of hydrogen-bond donors (Lipinski definition) is 0. The first kappa shape index (κ1) is 16.7. The molecule has 0 aliphatic heterocycles. The highest BCUT2D eigenvalue weighted by Gasteiger charge is 2.18. The van der Waals surface area contributed by atoms with Crippen molar-refractivity contribution in [2.45, 2.75) is 0 Å². The Hall–Kier alpha value is -3.15. The van der Waals surface area contributed by atoms with Crippen molar-refractivity contribution < 1.29 is 23.4 Å². The van der Waals surface area contributed by atoms with E-state index in [4.69, 9.17) is 23.4 Å². The van der Waals surface area contributed by atoms with Gasteiger partial charge in [0.15, 0.2) is 0 Å². The van der Waals surface area contributed by atoms with Gasteiger partial charge in [-0.3, -0.25) is 0 Å². The zero-order valence-corrected chi connectivity index (χ0v) is 14.4. The SMILES string of the molecule is COc1ccc(-c2cc(=O)oc3cc(OC)cc(OC)c23)c(OC)c1. The van der Waals surface area contributed by atoms with Gasteiger partial charge in [0.05, 0.1) is 33.8 Å². The molecule has 1 aromatic heterocycles. The second-order valence-corrected chi connectivity index (χ2v) is 5.25. The molecule has 0 fully saturated rings. The van der Waals surface area contributed by atoms with Crippen molar-refractivity contribution in [3.05, 3.63) is 46.8 Å². The molecule has 0 saturated carbocycles. The summed E-state index contributed by atoms with van der Waals surface area (Å²) in [6, 6.07) is 10.2. The summed E-state index contributed by atoms with van der Waals surface area (Å²) in [6.45, 7) is 0. The van der Waals surface area contributed by atoms with Crippen LogP contribution in [0.4, 0.5) is 0 Å². The number of methoxy groups -OCH3 is 4. The largest absolute Gasteiger partial charge is 0.497 e. The molecule has 0 saturated heterocycles. The summed E-state index contributed by atoms with van der Waals surface area (Å²) in [4.78, 5) is 12.1. The summed E-state index contributed by atoms with van der Waals surface area (Å²) < 4.78 is 26.8. The van der Waals surface area contributed by atoms with E-state index < -0.39 is 5.63 Å². The van der Waals surface area contributed by atoms with Crippen LogP contribution in [0.3, 0.4) is 0 Å². The van der Waals surface area contributed by atoms with Crippen LogP contribution in [0.1, 0.15) is 0 Å². The molecule has 2 aromatic carbocycles. The van der Waals surface area contributed by atoms with Gasteiger partial charge in [-0.2, -0.15) is 0 Å². The monoisotopic (exact) mass is 342 g/mol.